The third-order valence-corrected chi connectivity index (χ3v) is 2.89. The lowest BCUT2D eigenvalue weighted by Crippen LogP contribution is -2.34. The minimum Gasteiger partial charge on any atom is -0.393 e. The van der Waals surface area contributed by atoms with Gasteiger partial charge in [0.15, 0.2) is 0 Å². The first-order chi connectivity index (χ1) is 7.59. The third kappa shape index (κ3) is 4.68. The van der Waals surface area contributed by atoms with Gasteiger partial charge in [0.05, 0.1) is 4.99 Å². The molecule has 0 bridgehead atoms. The molecule has 1 rings (SSSR count). The standard InChI is InChI=1S/C12H19N3S/c1-10(8-12(13)16)15(2)7-5-11-4-3-6-14-9-11/h3-4,6,9-10H,5,7-8H2,1-2H3,(H2,13,16). The average molecular weight is 237 g/mol. The highest BCUT2D eigenvalue weighted by molar-refractivity contribution is 7.80. The maximum Gasteiger partial charge on any atom is 0.0742 e. The topological polar surface area (TPSA) is 42.1 Å². The van der Waals surface area contributed by atoms with Gasteiger partial charge < -0.3 is 10.6 Å². The van der Waals surface area contributed by atoms with E-state index in [1.807, 2.05) is 12.3 Å². The molecule has 0 aliphatic heterocycles. The first kappa shape index (κ1) is 13.1. The van der Waals surface area contributed by atoms with E-state index in [2.05, 4.69) is 29.9 Å². The molecule has 0 radical (unpaired) electrons. The second-order valence-electron chi connectivity index (χ2n) is 4.11. The lowest BCUT2D eigenvalue weighted by molar-refractivity contribution is 0.267. The SMILES string of the molecule is CC(CC(N)=S)N(C)CCc1cccnc1. The highest BCUT2D eigenvalue weighted by atomic mass is 32.1. The van der Waals surface area contributed by atoms with E-state index >= 15 is 0 Å². The van der Waals surface area contributed by atoms with Crippen LogP contribution in [0.2, 0.25) is 0 Å². The molecule has 1 heterocycles. The van der Waals surface area contributed by atoms with Crippen molar-refractivity contribution in [1.82, 2.24) is 9.88 Å². The Kier molecular flexibility index (Phi) is 5.35. The van der Waals surface area contributed by atoms with Gasteiger partial charge in [0.1, 0.15) is 0 Å². The molecule has 1 unspecified atom stereocenters. The van der Waals surface area contributed by atoms with Crippen LogP contribution in [0.25, 0.3) is 0 Å². The molecule has 3 nitrogen and oxygen atoms in total. The molecule has 4 heteroatoms. The molecule has 0 aromatic carbocycles. The molecule has 88 valence electrons. The number of hydrogen-bond acceptors (Lipinski definition) is 3. The Hall–Kier alpha value is -1.00. The van der Waals surface area contributed by atoms with Gasteiger partial charge in [-0.2, -0.15) is 0 Å². The van der Waals surface area contributed by atoms with Gasteiger partial charge in [-0.1, -0.05) is 18.3 Å². The van der Waals surface area contributed by atoms with Crippen molar-refractivity contribution in [3.8, 4) is 0 Å². The van der Waals surface area contributed by atoms with Crippen LogP contribution < -0.4 is 5.73 Å². The molecule has 0 spiro atoms. The quantitative estimate of drug-likeness (QED) is 0.764. The second-order valence-corrected chi connectivity index (χ2v) is 4.64. The number of aromatic nitrogens is 1. The van der Waals surface area contributed by atoms with Gasteiger partial charge >= 0.3 is 0 Å². The molecular weight excluding hydrogens is 218 g/mol. The van der Waals surface area contributed by atoms with Crippen molar-refractivity contribution >= 4 is 17.2 Å². The number of nitrogens with two attached hydrogens (primary N) is 1. The van der Waals surface area contributed by atoms with Crippen molar-refractivity contribution in [2.45, 2.75) is 25.8 Å². The van der Waals surface area contributed by atoms with E-state index in [1.54, 1.807) is 6.20 Å². The number of likely N-dealkylation sites (N-methyl/N-ethyl adjacent to an activating group) is 1. The lowest BCUT2D eigenvalue weighted by Gasteiger charge is -2.24. The maximum absolute atomic E-state index is 5.53. The van der Waals surface area contributed by atoms with Crippen molar-refractivity contribution in [2.24, 2.45) is 5.73 Å². The second kappa shape index (κ2) is 6.55. The summed E-state index contributed by atoms with van der Waals surface area (Å²) in [4.78, 5) is 6.95. The Morgan fingerprint density at radius 3 is 2.94 bits per heavy atom. The van der Waals surface area contributed by atoms with Crippen LogP contribution >= 0.6 is 12.2 Å². The third-order valence-electron chi connectivity index (χ3n) is 2.73. The summed E-state index contributed by atoms with van der Waals surface area (Å²) in [6, 6.07) is 4.46. The fourth-order valence-corrected chi connectivity index (χ4v) is 1.76. The summed E-state index contributed by atoms with van der Waals surface area (Å²) < 4.78 is 0. The van der Waals surface area contributed by atoms with Crippen LogP contribution in [0.4, 0.5) is 0 Å². The zero-order chi connectivity index (χ0) is 12.0. The Balaban J connectivity index is 2.35. The summed E-state index contributed by atoms with van der Waals surface area (Å²) >= 11 is 4.91. The summed E-state index contributed by atoms with van der Waals surface area (Å²) in [5.74, 6) is 0. The van der Waals surface area contributed by atoms with E-state index < -0.39 is 0 Å². The summed E-state index contributed by atoms with van der Waals surface area (Å²) in [7, 11) is 2.10. The van der Waals surface area contributed by atoms with E-state index in [-0.39, 0.29) is 0 Å². The Morgan fingerprint density at radius 1 is 1.62 bits per heavy atom. The largest absolute Gasteiger partial charge is 0.393 e. The van der Waals surface area contributed by atoms with E-state index in [4.69, 9.17) is 18.0 Å². The zero-order valence-corrected chi connectivity index (χ0v) is 10.7. The van der Waals surface area contributed by atoms with Gasteiger partial charge in [-0.25, -0.2) is 0 Å². The van der Waals surface area contributed by atoms with Gasteiger partial charge in [-0.05, 0) is 32.0 Å². The summed E-state index contributed by atoms with van der Waals surface area (Å²) in [6.45, 7) is 3.14. The van der Waals surface area contributed by atoms with Crippen molar-refractivity contribution < 1.29 is 0 Å². The predicted octanol–water partition coefficient (Wildman–Crippen LogP) is 1.62. The predicted molar refractivity (Wildman–Crippen MR) is 71.4 cm³/mol. The lowest BCUT2D eigenvalue weighted by atomic mass is 10.1. The molecular formula is C12H19N3S. The molecule has 0 aliphatic carbocycles. The molecule has 0 fully saturated rings. The first-order valence-electron chi connectivity index (χ1n) is 5.47. The number of hydrogen-bond donors (Lipinski definition) is 1. The van der Waals surface area contributed by atoms with Crippen LogP contribution in [0.5, 0.6) is 0 Å². The fourth-order valence-electron chi connectivity index (χ4n) is 1.52. The van der Waals surface area contributed by atoms with Gasteiger partial charge in [0, 0.05) is 31.4 Å². The normalized spacial score (nSPS) is 12.7. The molecule has 0 saturated heterocycles. The van der Waals surface area contributed by atoms with Crippen molar-refractivity contribution in [2.75, 3.05) is 13.6 Å². The summed E-state index contributed by atoms with van der Waals surface area (Å²) in [6.07, 6.45) is 5.49. The zero-order valence-electron chi connectivity index (χ0n) is 9.89. The first-order valence-corrected chi connectivity index (χ1v) is 5.88. The van der Waals surface area contributed by atoms with Crippen molar-refractivity contribution in [1.29, 1.82) is 0 Å². The monoisotopic (exact) mass is 237 g/mol. The Bertz CT molecular complexity index is 326. The number of rotatable bonds is 6. The molecule has 2 N–H and O–H groups in total. The summed E-state index contributed by atoms with van der Waals surface area (Å²) in [5, 5.41) is 0. The molecule has 1 atom stereocenters. The average Bonchev–Trinajstić information content (AvgIpc) is 2.26. The number of pyridine rings is 1. The minimum absolute atomic E-state index is 0.397. The molecule has 0 saturated carbocycles. The van der Waals surface area contributed by atoms with Gasteiger partial charge in [-0.15, -0.1) is 0 Å². The van der Waals surface area contributed by atoms with Crippen molar-refractivity contribution in [3.63, 3.8) is 0 Å². The van der Waals surface area contributed by atoms with Crippen LogP contribution in [0.15, 0.2) is 24.5 Å². The smallest absolute Gasteiger partial charge is 0.0742 e. The highest BCUT2D eigenvalue weighted by Crippen LogP contribution is 2.04. The van der Waals surface area contributed by atoms with E-state index in [9.17, 15) is 0 Å². The highest BCUT2D eigenvalue weighted by Gasteiger charge is 2.09. The van der Waals surface area contributed by atoms with Gasteiger partial charge in [0.2, 0.25) is 0 Å². The van der Waals surface area contributed by atoms with Gasteiger partial charge in [-0.3, -0.25) is 4.98 Å². The van der Waals surface area contributed by atoms with Crippen LogP contribution in [-0.2, 0) is 6.42 Å². The Labute approximate surface area is 103 Å². The fraction of sp³-hybridized carbons (Fsp3) is 0.500. The van der Waals surface area contributed by atoms with Crippen LogP contribution in [0.3, 0.4) is 0 Å². The van der Waals surface area contributed by atoms with Crippen LogP contribution in [0.1, 0.15) is 18.9 Å². The van der Waals surface area contributed by atoms with E-state index in [0.29, 0.717) is 11.0 Å². The summed E-state index contributed by atoms with van der Waals surface area (Å²) in [5.41, 5.74) is 6.79. The maximum atomic E-state index is 5.53. The Morgan fingerprint density at radius 2 is 2.38 bits per heavy atom. The van der Waals surface area contributed by atoms with E-state index in [1.165, 1.54) is 5.56 Å². The number of nitrogens with zero attached hydrogens (tertiary/aromatic N) is 2. The molecule has 0 aliphatic rings. The minimum atomic E-state index is 0.397. The molecule has 1 aromatic heterocycles. The van der Waals surface area contributed by atoms with Crippen LogP contribution in [0, 0.1) is 0 Å². The number of thiocarbonyl (C=S) groups is 1. The van der Waals surface area contributed by atoms with Gasteiger partial charge in [0.25, 0.3) is 0 Å². The van der Waals surface area contributed by atoms with Crippen LogP contribution in [-0.4, -0.2) is 34.5 Å². The van der Waals surface area contributed by atoms with E-state index in [0.717, 1.165) is 19.4 Å². The molecule has 0 amide bonds. The van der Waals surface area contributed by atoms with Crippen molar-refractivity contribution in [3.05, 3.63) is 30.1 Å². The molecule has 1 aromatic rings. The molecule has 16 heavy (non-hydrogen) atoms.